The number of hydrogen-bond acceptors (Lipinski definition) is 4. The van der Waals surface area contributed by atoms with Gasteiger partial charge >= 0.3 is 0 Å². The Kier molecular flexibility index (Phi) is 5.61. The van der Waals surface area contributed by atoms with Gasteiger partial charge in [0.05, 0.1) is 25.8 Å². The number of carbonyl (C=O) groups excluding carboxylic acids is 1. The normalized spacial score (nSPS) is 16.9. The van der Waals surface area contributed by atoms with Gasteiger partial charge in [0.1, 0.15) is 6.61 Å². The van der Waals surface area contributed by atoms with Gasteiger partial charge in [-0.25, -0.2) is 0 Å². The monoisotopic (exact) mass is 329 g/mol. The van der Waals surface area contributed by atoms with Crippen LogP contribution in [0.3, 0.4) is 0 Å². The molecular formula is C18H23N3O3. The molecule has 0 saturated heterocycles. The van der Waals surface area contributed by atoms with E-state index in [2.05, 4.69) is 21.8 Å². The van der Waals surface area contributed by atoms with E-state index in [9.17, 15) is 4.79 Å². The smallest absolute Gasteiger partial charge is 0.248 e. The standard InChI is InChI=1S/C18H23N3O3/c1-2-23-14-18(22)20-10-16-4-3-9-21(16)17(11-20)13-24-12-15-5-7-19-8-6-15/h3-9,17H,2,10-14H2,1H3. The topological polar surface area (TPSA) is 56.6 Å². The molecule has 0 fully saturated rings. The zero-order chi connectivity index (χ0) is 16.8. The fourth-order valence-corrected chi connectivity index (χ4v) is 2.92. The van der Waals surface area contributed by atoms with Crippen LogP contribution >= 0.6 is 0 Å². The Labute approximate surface area is 142 Å². The average molecular weight is 329 g/mol. The zero-order valence-electron chi connectivity index (χ0n) is 13.9. The van der Waals surface area contributed by atoms with E-state index in [0.717, 1.165) is 11.3 Å². The zero-order valence-corrected chi connectivity index (χ0v) is 13.9. The Hall–Kier alpha value is -2.18. The van der Waals surface area contributed by atoms with Crippen LogP contribution in [0.25, 0.3) is 0 Å². The molecule has 0 spiro atoms. The van der Waals surface area contributed by atoms with Crippen molar-refractivity contribution in [2.75, 3.05) is 26.4 Å². The Morgan fingerprint density at radius 1 is 1.29 bits per heavy atom. The molecule has 1 unspecified atom stereocenters. The van der Waals surface area contributed by atoms with Crippen LogP contribution in [-0.4, -0.2) is 46.7 Å². The summed E-state index contributed by atoms with van der Waals surface area (Å²) in [6.45, 7) is 4.95. The number of nitrogens with zero attached hydrogens (tertiary/aromatic N) is 3. The van der Waals surface area contributed by atoms with Crippen molar-refractivity contribution in [3.63, 3.8) is 0 Å². The largest absolute Gasteiger partial charge is 0.375 e. The van der Waals surface area contributed by atoms with Crippen molar-refractivity contribution in [2.45, 2.75) is 26.1 Å². The van der Waals surface area contributed by atoms with Gasteiger partial charge in [-0.05, 0) is 36.8 Å². The van der Waals surface area contributed by atoms with Gasteiger partial charge in [-0.2, -0.15) is 0 Å². The Balaban J connectivity index is 1.60. The quantitative estimate of drug-likeness (QED) is 0.780. The lowest BCUT2D eigenvalue weighted by Crippen LogP contribution is -2.43. The second-order valence-corrected chi connectivity index (χ2v) is 5.84. The molecule has 0 bridgehead atoms. The van der Waals surface area contributed by atoms with Crippen LogP contribution in [-0.2, 0) is 27.4 Å². The summed E-state index contributed by atoms with van der Waals surface area (Å²) >= 11 is 0. The van der Waals surface area contributed by atoms with Crippen LogP contribution in [0.15, 0.2) is 42.9 Å². The molecule has 24 heavy (non-hydrogen) atoms. The predicted octanol–water partition coefficient (Wildman–Crippen LogP) is 2.02. The fraction of sp³-hybridized carbons (Fsp3) is 0.444. The number of amides is 1. The van der Waals surface area contributed by atoms with Crippen LogP contribution in [0.2, 0.25) is 0 Å². The van der Waals surface area contributed by atoms with Crippen LogP contribution in [0.1, 0.15) is 24.2 Å². The van der Waals surface area contributed by atoms with Crippen molar-refractivity contribution in [1.29, 1.82) is 0 Å². The summed E-state index contributed by atoms with van der Waals surface area (Å²) in [4.78, 5) is 18.1. The van der Waals surface area contributed by atoms with Gasteiger partial charge in [0, 0.05) is 37.4 Å². The number of hydrogen-bond donors (Lipinski definition) is 0. The van der Waals surface area contributed by atoms with Gasteiger partial charge in [-0.15, -0.1) is 0 Å². The number of ether oxygens (including phenoxy) is 2. The minimum Gasteiger partial charge on any atom is -0.375 e. The first-order chi connectivity index (χ1) is 11.8. The third-order valence-corrected chi connectivity index (χ3v) is 4.16. The first kappa shape index (κ1) is 16.7. The van der Waals surface area contributed by atoms with E-state index < -0.39 is 0 Å². The molecule has 0 saturated carbocycles. The van der Waals surface area contributed by atoms with E-state index in [1.165, 1.54) is 0 Å². The van der Waals surface area contributed by atoms with E-state index in [-0.39, 0.29) is 18.6 Å². The molecule has 0 radical (unpaired) electrons. The third-order valence-electron chi connectivity index (χ3n) is 4.16. The van der Waals surface area contributed by atoms with E-state index in [1.807, 2.05) is 30.0 Å². The second-order valence-electron chi connectivity index (χ2n) is 5.84. The molecule has 3 rings (SSSR count). The molecule has 128 valence electrons. The van der Waals surface area contributed by atoms with Gasteiger partial charge < -0.3 is 18.9 Å². The molecule has 2 aromatic heterocycles. The maximum atomic E-state index is 12.3. The van der Waals surface area contributed by atoms with Crippen molar-refractivity contribution in [3.05, 3.63) is 54.1 Å². The van der Waals surface area contributed by atoms with Crippen molar-refractivity contribution < 1.29 is 14.3 Å². The minimum absolute atomic E-state index is 0.0310. The van der Waals surface area contributed by atoms with E-state index in [4.69, 9.17) is 9.47 Å². The lowest BCUT2D eigenvalue weighted by molar-refractivity contribution is -0.138. The molecule has 6 heteroatoms. The second kappa shape index (κ2) is 8.08. The summed E-state index contributed by atoms with van der Waals surface area (Å²) in [7, 11) is 0. The van der Waals surface area contributed by atoms with Gasteiger partial charge in [-0.3, -0.25) is 9.78 Å². The van der Waals surface area contributed by atoms with Crippen molar-refractivity contribution in [2.24, 2.45) is 0 Å². The highest BCUT2D eigenvalue weighted by atomic mass is 16.5. The maximum absolute atomic E-state index is 12.3. The predicted molar refractivity (Wildman–Crippen MR) is 89.3 cm³/mol. The molecule has 0 aromatic carbocycles. The maximum Gasteiger partial charge on any atom is 0.248 e. The molecular weight excluding hydrogens is 306 g/mol. The molecule has 1 atom stereocenters. The molecule has 3 heterocycles. The molecule has 6 nitrogen and oxygen atoms in total. The number of fused-ring (bicyclic) bond motifs is 1. The average Bonchev–Trinajstić information content (AvgIpc) is 3.09. The number of aromatic nitrogens is 2. The fourth-order valence-electron chi connectivity index (χ4n) is 2.92. The molecule has 0 aliphatic carbocycles. The SMILES string of the molecule is CCOCC(=O)N1Cc2cccn2C(COCc2ccncc2)C1. The van der Waals surface area contributed by atoms with E-state index in [0.29, 0.717) is 32.9 Å². The summed E-state index contributed by atoms with van der Waals surface area (Å²) < 4.78 is 13.3. The van der Waals surface area contributed by atoms with Gasteiger partial charge in [0.25, 0.3) is 0 Å². The van der Waals surface area contributed by atoms with Crippen LogP contribution in [0, 0.1) is 0 Å². The summed E-state index contributed by atoms with van der Waals surface area (Å²) in [5, 5.41) is 0. The lowest BCUT2D eigenvalue weighted by atomic mass is 10.2. The number of pyridine rings is 1. The van der Waals surface area contributed by atoms with Crippen molar-refractivity contribution in [1.82, 2.24) is 14.5 Å². The summed E-state index contributed by atoms with van der Waals surface area (Å²) in [5.74, 6) is 0.0310. The molecule has 0 N–H and O–H groups in total. The summed E-state index contributed by atoms with van der Waals surface area (Å²) in [5.41, 5.74) is 2.22. The molecule has 2 aromatic rings. The first-order valence-corrected chi connectivity index (χ1v) is 8.25. The van der Waals surface area contributed by atoms with E-state index >= 15 is 0 Å². The van der Waals surface area contributed by atoms with Crippen LogP contribution in [0.5, 0.6) is 0 Å². The molecule has 1 aliphatic rings. The number of carbonyl (C=O) groups is 1. The highest BCUT2D eigenvalue weighted by Gasteiger charge is 2.27. The summed E-state index contributed by atoms with van der Waals surface area (Å²) in [6, 6.07) is 8.08. The first-order valence-electron chi connectivity index (χ1n) is 8.25. The highest BCUT2D eigenvalue weighted by molar-refractivity contribution is 5.77. The minimum atomic E-state index is 0.0310. The summed E-state index contributed by atoms with van der Waals surface area (Å²) in [6.07, 6.45) is 5.58. The van der Waals surface area contributed by atoms with Gasteiger partial charge in [0.15, 0.2) is 0 Å². The molecule has 1 amide bonds. The number of rotatable bonds is 7. The van der Waals surface area contributed by atoms with Gasteiger partial charge in [0.2, 0.25) is 5.91 Å². The Bertz CT molecular complexity index is 657. The lowest BCUT2D eigenvalue weighted by Gasteiger charge is -2.35. The Morgan fingerprint density at radius 3 is 2.92 bits per heavy atom. The third kappa shape index (κ3) is 4.01. The van der Waals surface area contributed by atoms with Crippen LogP contribution < -0.4 is 0 Å². The molecule has 1 aliphatic heterocycles. The van der Waals surface area contributed by atoms with Crippen LogP contribution in [0.4, 0.5) is 0 Å². The highest BCUT2D eigenvalue weighted by Crippen LogP contribution is 2.22. The van der Waals surface area contributed by atoms with Crippen molar-refractivity contribution >= 4 is 5.91 Å². The Morgan fingerprint density at radius 2 is 2.12 bits per heavy atom. The van der Waals surface area contributed by atoms with E-state index in [1.54, 1.807) is 12.4 Å². The van der Waals surface area contributed by atoms with Crippen molar-refractivity contribution in [3.8, 4) is 0 Å². The van der Waals surface area contributed by atoms with Gasteiger partial charge in [-0.1, -0.05) is 0 Å².